The number of fused-ring (bicyclic) bond motifs is 3. The zero-order chi connectivity index (χ0) is 21.5. The maximum absolute atomic E-state index is 13.6. The lowest BCUT2D eigenvalue weighted by molar-refractivity contribution is 0.628. The summed E-state index contributed by atoms with van der Waals surface area (Å²) in [5.74, 6) is 1.03. The molecule has 1 aromatic heterocycles. The summed E-state index contributed by atoms with van der Waals surface area (Å²) in [4.78, 5) is 4.60. The van der Waals surface area contributed by atoms with Gasteiger partial charge in [-0.1, -0.05) is 72.8 Å². The fourth-order valence-corrected chi connectivity index (χ4v) is 4.64. The second-order valence-corrected chi connectivity index (χ2v) is 8.25. The first-order chi connectivity index (χ1) is 15.8. The number of aromatic nitrogens is 1. The molecule has 2 nitrogen and oxygen atoms in total. The molecule has 1 N–H and O–H groups in total. The van der Waals surface area contributed by atoms with Gasteiger partial charge in [-0.25, -0.2) is 9.37 Å². The number of nitrogens with one attached hydrogen (secondary N) is 1. The van der Waals surface area contributed by atoms with Gasteiger partial charge in [0.1, 0.15) is 11.6 Å². The van der Waals surface area contributed by atoms with Crippen molar-refractivity contribution in [1.82, 2.24) is 4.98 Å². The van der Waals surface area contributed by atoms with Crippen LogP contribution in [0.3, 0.4) is 0 Å². The molecular formula is C29H21FN2. The quantitative estimate of drug-likeness (QED) is 0.378. The average molecular weight is 416 g/mol. The third-order valence-electron chi connectivity index (χ3n) is 6.33. The van der Waals surface area contributed by atoms with Crippen LogP contribution in [-0.4, -0.2) is 11.5 Å². The summed E-state index contributed by atoms with van der Waals surface area (Å²) in [5, 5.41) is 5.73. The molecule has 0 saturated carbocycles. The van der Waals surface area contributed by atoms with E-state index in [-0.39, 0.29) is 5.82 Å². The minimum atomic E-state index is -0.224. The van der Waals surface area contributed by atoms with E-state index in [0.717, 1.165) is 34.3 Å². The van der Waals surface area contributed by atoms with Gasteiger partial charge in [-0.05, 0) is 63.1 Å². The fourth-order valence-electron chi connectivity index (χ4n) is 4.64. The molecule has 0 aliphatic heterocycles. The van der Waals surface area contributed by atoms with E-state index in [1.54, 1.807) is 12.1 Å². The summed E-state index contributed by atoms with van der Waals surface area (Å²) in [7, 11) is 0. The van der Waals surface area contributed by atoms with Crippen LogP contribution in [0, 0.1) is 11.7 Å². The number of nitrogens with zero attached hydrogens (tertiary/aromatic N) is 1. The molecule has 2 aliphatic rings. The van der Waals surface area contributed by atoms with Crippen molar-refractivity contribution in [2.45, 2.75) is 0 Å². The average Bonchev–Trinajstić information content (AvgIpc) is 2.84. The first-order valence-corrected chi connectivity index (χ1v) is 10.8. The predicted molar refractivity (Wildman–Crippen MR) is 130 cm³/mol. The van der Waals surface area contributed by atoms with Crippen LogP contribution in [0.15, 0.2) is 114 Å². The minimum Gasteiger partial charge on any atom is -0.369 e. The van der Waals surface area contributed by atoms with Crippen molar-refractivity contribution < 1.29 is 4.39 Å². The number of halogens is 1. The van der Waals surface area contributed by atoms with Gasteiger partial charge in [0.15, 0.2) is 0 Å². The monoisotopic (exact) mass is 416 g/mol. The predicted octanol–water partition coefficient (Wildman–Crippen LogP) is 7.03. The number of allylic oxidation sites excluding steroid dienone is 4. The van der Waals surface area contributed by atoms with E-state index in [1.807, 2.05) is 30.5 Å². The van der Waals surface area contributed by atoms with Crippen LogP contribution >= 0.6 is 0 Å². The zero-order valence-corrected chi connectivity index (χ0v) is 17.4. The number of pyridine rings is 1. The number of anilines is 1. The van der Waals surface area contributed by atoms with Crippen molar-refractivity contribution in [3.63, 3.8) is 0 Å². The molecular weight excluding hydrogens is 395 g/mol. The topological polar surface area (TPSA) is 24.9 Å². The van der Waals surface area contributed by atoms with Gasteiger partial charge in [-0.2, -0.15) is 0 Å². The number of hydrogen-bond acceptors (Lipinski definition) is 2. The second kappa shape index (κ2) is 7.61. The molecule has 4 aromatic rings. The van der Waals surface area contributed by atoms with E-state index in [0.29, 0.717) is 5.92 Å². The van der Waals surface area contributed by atoms with Gasteiger partial charge in [0.2, 0.25) is 0 Å². The van der Waals surface area contributed by atoms with Crippen LogP contribution in [0.5, 0.6) is 0 Å². The van der Waals surface area contributed by atoms with Gasteiger partial charge < -0.3 is 5.32 Å². The van der Waals surface area contributed by atoms with Gasteiger partial charge >= 0.3 is 0 Å². The normalized spacial score (nSPS) is 16.7. The molecule has 3 heteroatoms. The van der Waals surface area contributed by atoms with Gasteiger partial charge in [-0.3, -0.25) is 0 Å². The molecule has 2 aliphatic carbocycles. The zero-order valence-electron chi connectivity index (χ0n) is 17.4. The third kappa shape index (κ3) is 3.23. The molecule has 0 saturated heterocycles. The third-order valence-corrected chi connectivity index (χ3v) is 6.33. The Morgan fingerprint density at radius 3 is 2.50 bits per heavy atom. The molecule has 1 unspecified atom stereocenters. The van der Waals surface area contributed by atoms with E-state index in [4.69, 9.17) is 0 Å². The Balaban J connectivity index is 1.24. The van der Waals surface area contributed by atoms with E-state index in [2.05, 4.69) is 64.9 Å². The van der Waals surface area contributed by atoms with Crippen molar-refractivity contribution in [3.05, 3.63) is 126 Å². The highest BCUT2D eigenvalue weighted by Crippen LogP contribution is 2.45. The van der Waals surface area contributed by atoms with Crippen LogP contribution in [-0.2, 0) is 0 Å². The number of benzene rings is 3. The first-order valence-electron chi connectivity index (χ1n) is 10.8. The van der Waals surface area contributed by atoms with E-state index in [9.17, 15) is 4.39 Å². The van der Waals surface area contributed by atoms with Crippen molar-refractivity contribution in [1.29, 1.82) is 0 Å². The molecule has 2 bridgehead atoms. The Bertz CT molecular complexity index is 1430. The minimum absolute atomic E-state index is 0.224. The van der Waals surface area contributed by atoms with E-state index in [1.165, 1.54) is 28.3 Å². The van der Waals surface area contributed by atoms with Gasteiger partial charge in [0.25, 0.3) is 0 Å². The van der Waals surface area contributed by atoms with Crippen molar-refractivity contribution >= 4 is 22.2 Å². The Morgan fingerprint density at radius 1 is 0.812 bits per heavy atom. The highest BCUT2D eigenvalue weighted by atomic mass is 19.1. The largest absolute Gasteiger partial charge is 0.369 e. The lowest BCUT2D eigenvalue weighted by atomic mass is 9.70. The van der Waals surface area contributed by atoms with E-state index < -0.39 is 0 Å². The summed E-state index contributed by atoms with van der Waals surface area (Å²) in [6, 6.07) is 25.4. The highest BCUT2D eigenvalue weighted by molar-refractivity contribution is 5.95. The molecule has 0 spiro atoms. The van der Waals surface area contributed by atoms with Crippen LogP contribution < -0.4 is 5.32 Å². The van der Waals surface area contributed by atoms with Crippen molar-refractivity contribution in [2.24, 2.45) is 5.92 Å². The second-order valence-electron chi connectivity index (χ2n) is 8.25. The Kier molecular flexibility index (Phi) is 4.46. The molecule has 6 rings (SSSR count). The maximum atomic E-state index is 13.6. The Morgan fingerprint density at radius 2 is 1.66 bits per heavy atom. The number of rotatable bonds is 5. The van der Waals surface area contributed by atoms with Gasteiger partial charge in [0.05, 0.1) is 0 Å². The summed E-state index contributed by atoms with van der Waals surface area (Å²) in [6.45, 7) is 0.805. The molecule has 0 radical (unpaired) electrons. The summed E-state index contributed by atoms with van der Waals surface area (Å²) >= 11 is 0. The first kappa shape index (κ1) is 18.8. The standard InChI is InChI=1S/C29H21FN2/c30-24-8-4-7-20(16-24)21-9-12-26-23(15-21)13-14-31-29(26)32-18-28-22-10-11-25(27(28)17-22)19-5-2-1-3-6-19/h1-17,28H,18H2,(H,31,32). The van der Waals surface area contributed by atoms with Crippen LogP contribution in [0.25, 0.3) is 27.5 Å². The summed E-state index contributed by atoms with van der Waals surface area (Å²) in [6.07, 6.45) is 8.57. The molecule has 1 atom stereocenters. The maximum Gasteiger partial charge on any atom is 0.133 e. The fraction of sp³-hybridized carbons (Fsp3) is 0.0690. The lowest BCUT2D eigenvalue weighted by Crippen LogP contribution is -2.27. The molecule has 0 fully saturated rings. The molecule has 32 heavy (non-hydrogen) atoms. The van der Waals surface area contributed by atoms with Crippen molar-refractivity contribution in [3.8, 4) is 11.1 Å². The van der Waals surface area contributed by atoms with Crippen LogP contribution in [0.4, 0.5) is 10.2 Å². The summed E-state index contributed by atoms with van der Waals surface area (Å²) in [5.41, 5.74) is 7.18. The Labute approximate surface area is 186 Å². The van der Waals surface area contributed by atoms with Crippen LogP contribution in [0.1, 0.15) is 5.56 Å². The van der Waals surface area contributed by atoms with Gasteiger partial charge in [0, 0.05) is 24.0 Å². The van der Waals surface area contributed by atoms with Crippen molar-refractivity contribution in [2.75, 3.05) is 11.9 Å². The smallest absolute Gasteiger partial charge is 0.133 e. The SMILES string of the molecule is Fc1cccc(-c2ccc3c(NCC4c5ccc(-c6ccccc6)c4c5)nccc3c2)c1. The highest BCUT2D eigenvalue weighted by Gasteiger charge is 2.32. The summed E-state index contributed by atoms with van der Waals surface area (Å²) < 4.78 is 13.6. The van der Waals surface area contributed by atoms with E-state index >= 15 is 0 Å². The number of hydrogen-bond donors (Lipinski definition) is 1. The van der Waals surface area contributed by atoms with Crippen LogP contribution in [0.2, 0.25) is 0 Å². The lowest BCUT2D eigenvalue weighted by Gasteiger charge is -2.35. The molecule has 0 amide bonds. The Hall–Kier alpha value is -3.98. The molecule has 1 heterocycles. The van der Waals surface area contributed by atoms with Gasteiger partial charge in [-0.15, -0.1) is 0 Å². The molecule has 3 aromatic carbocycles. The molecule has 154 valence electrons.